The molecular formula is C10H19N3OS. The van der Waals surface area contributed by atoms with Crippen LogP contribution in [-0.4, -0.2) is 25.3 Å². The van der Waals surface area contributed by atoms with Crippen LogP contribution in [0.2, 0.25) is 0 Å². The van der Waals surface area contributed by atoms with Crippen LogP contribution < -0.4 is 5.73 Å². The van der Waals surface area contributed by atoms with Crippen molar-refractivity contribution in [3.63, 3.8) is 0 Å². The lowest BCUT2D eigenvalue weighted by molar-refractivity contribution is 0.490. The molecule has 2 unspecified atom stereocenters. The molecule has 0 aliphatic rings. The third-order valence-electron chi connectivity index (χ3n) is 2.39. The van der Waals surface area contributed by atoms with Crippen molar-refractivity contribution in [2.24, 2.45) is 5.73 Å². The van der Waals surface area contributed by atoms with Gasteiger partial charge in [-0.3, -0.25) is 4.21 Å². The summed E-state index contributed by atoms with van der Waals surface area (Å²) < 4.78 is 13.3. The van der Waals surface area contributed by atoms with E-state index in [0.29, 0.717) is 6.54 Å². The minimum absolute atomic E-state index is 0.111. The Labute approximate surface area is 93.3 Å². The summed E-state index contributed by atoms with van der Waals surface area (Å²) >= 11 is 0. The lowest BCUT2D eigenvalue weighted by Gasteiger charge is -2.22. The molecular weight excluding hydrogens is 210 g/mol. The average Bonchev–Trinajstić information content (AvgIpc) is 2.50. The highest BCUT2D eigenvalue weighted by Gasteiger charge is 2.20. The molecule has 4 nitrogen and oxygen atoms in total. The van der Waals surface area contributed by atoms with Crippen LogP contribution in [0.25, 0.3) is 0 Å². The second-order valence-electron chi connectivity index (χ2n) is 4.46. The van der Waals surface area contributed by atoms with Gasteiger partial charge in [0.1, 0.15) is 0 Å². The SMILES string of the molecule is CC(Cn1cncc1C(C)(C)N)S(C)=O. The monoisotopic (exact) mass is 229 g/mol. The first kappa shape index (κ1) is 12.4. The number of hydrogen-bond donors (Lipinski definition) is 1. The molecule has 2 N–H and O–H groups in total. The molecule has 1 aromatic heterocycles. The molecule has 2 atom stereocenters. The zero-order chi connectivity index (χ0) is 11.6. The van der Waals surface area contributed by atoms with Gasteiger partial charge < -0.3 is 10.3 Å². The summed E-state index contributed by atoms with van der Waals surface area (Å²) in [6.07, 6.45) is 5.23. The van der Waals surface area contributed by atoms with Gasteiger partial charge in [0.05, 0.1) is 17.6 Å². The minimum Gasteiger partial charge on any atom is -0.332 e. The van der Waals surface area contributed by atoms with Crippen molar-refractivity contribution in [1.29, 1.82) is 0 Å². The smallest absolute Gasteiger partial charge is 0.0949 e. The Morgan fingerprint density at radius 3 is 2.73 bits per heavy atom. The van der Waals surface area contributed by atoms with E-state index in [-0.39, 0.29) is 5.25 Å². The Morgan fingerprint density at radius 1 is 1.67 bits per heavy atom. The first-order valence-electron chi connectivity index (χ1n) is 4.94. The number of imidazole rings is 1. The molecule has 0 saturated heterocycles. The third kappa shape index (κ3) is 3.14. The molecule has 5 heteroatoms. The standard InChI is InChI=1S/C10H19N3OS/c1-8(15(4)14)6-13-7-12-5-9(13)10(2,3)11/h5,7-8H,6,11H2,1-4H3. The van der Waals surface area contributed by atoms with Crippen LogP contribution in [0.15, 0.2) is 12.5 Å². The van der Waals surface area contributed by atoms with Crippen LogP contribution in [0.5, 0.6) is 0 Å². The Morgan fingerprint density at radius 2 is 2.27 bits per heavy atom. The molecule has 0 bridgehead atoms. The van der Waals surface area contributed by atoms with Crippen molar-refractivity contribution in [3.8, 4) is 0 Å². The van der Waals surface area contributed by atoms with Crippen molar-refractivity contribution in [2.45, 2.75) is 38.1 Å². The lowest BCUT2D eigenvalue weighted by Crippen LogP contribution is -2.33. The predicted molar refractivity (Wildman–Crippen MR) is 63.0 cm³/mol. The average molecular weight is 229 g/mol. The maximum atomic E-state index is 11.3. The molecule has 15 heavy (non-hydrogen) atoms. The fourth-order valence-corrected chi connectivity index (χ4v) is 1.76. The minimum atomic E-state index is -0.819. The number of nitrogens with zero attached hydrogens (tertiary/aromatic N) is 2. The van der Waals surface area contributed by atoms with E-state index in [1.54, 1.807) is 18.8 Å². The normalized spacial score (nSPS) is 16.3. The molecule has 1 heterocycles. The maximum absolute atomic E-state index is 11.3. The Kier molecular flexibility index (Phi) is 3.67. The van der Waals surface area contributed by atoms with Crippen LogP contribution >= 0.6 is 0 Å². The van der Waals surface area contributed by atoms with Gasteiger partial charge in [-0.25, -0.2) is 4.98 Å². The molecule has 1 aromatic rings. The van der Waals surface area contributed by atoms with Crippen molar-refractivity contribution in [2.75, 3.05) is 6.26 Å². The van der Waals surface area contributed by atoms with Crippen molar-refractivity contribution in [1.82, 2.24) is 9.55 Å². The second-order valence-corrected chi connectivity index (χ2v) is 6.26. The van der Waals surface area contributed by atoms with Crippen molar-refractivity contribution >= 4 is 10.8 Å². The number of nitrogens with two attached hydrogens (primary N) is 1. The van der Waals surface area contributed by atoms with Gasteiger partial charge in [-0.15, -0.1) is 0 Å². The summed E-state index contributed by atoms with van der Waals surface area (Å²) in [5.41, 5.74) is 6.58. The van der Waals surface area contributed by atoms with Gasteiger partial charge in [0.2, 0.25) is 0 Å². The van der Waals surface area contributed by atoms with E-state index >= 15 is 0 Å². The van der Waals surface area contributed by atoms with Gasteiger partial charge in [0.15, 0.2) is 0 Å². The van der Waals surface area contributed by atoms with Crippen LogP contribution in [0, 0.1) is 0 Å². The van der Waals surface area contributed by atoms with Gasteiger partial charge in [0, 0.05) is 35.0 Å². The van der Waals surface area contributed by atoms with Gasteiger partial charge in [-0.1, -0.05) is 0 Å². The maximum Gasteiger partial charge on any atom is 0.0949 e. The first-order valence-corrected chi connectivity index (χ1v) is 6.56. The summed E-state index contributed by atoms with van der Waals surface area (Å²) in [7, 11) is -0.819. The molecule has 0 fully saturated rings. The van der Waals surface area contributed by atoms with Crippen LogP contribution in [-0.2, 0) is 22.9 Å². The molecule has 0 aliphatic heterocycles. The van der Waals surface area contributed by atoms with E-state index in [1.807, 2.05) is 25.3 Å². The zero-order valence-corrected chi connectivity index (χ0v) is 10.5. The highest BCUT2D eigenvalue weighted by Crippen LogP contribution is 2.16. The molecule has 0 amide bonds. The molecule has 0 radical (unpaired) electrons. The lowest BCUT2D eigenvalue weighted by atomic mass is 10.0. The quantitative estimate of drug-likeness (QED) is 0.832. The molecule has 0 aromatic carbocycles. The van der Waals surface area contributed by atoms with E-state index < -0.39 is 16.3 Å². The summed E-state index contributed by atoms with van der Waals surface area (Å²) in [5.74, 6) is 0. The number of rotatable bonds is 4. The van der Waals surface area contributed by atoms with Gasteiger partial charge >= 0.3 is 0 Å². The summed E-state index contributed by atoms with van der Waals surface area (Å²) in [6, 6.07) is 0. The van der Waals surface area contributed by atoms with Gasteiger partial charge in [0.25, 0.3) is 0 Å². The van der Waals surface area contributed by atoms with Crippen molar-refractivity contribution in [3.05, 3.63) is 18.2 Å². The summed E-state index contributed by atoms with van der Waals surface area (Å²) in [5, 5.41) is 0.111. The summed E-state index contributed by atoms with van der Waals surface area (Å²) in [6.45, 7) is 6.53. The fourth-order valence-electron chi connectivity index (χ4n) is 1.38. The largest absolute Gasteiger partial charge is 0.332 e. The van der Waals surface area contributed by atoms with Gasteiger partial charge in [-0.2, -0.15) is 0 Å². The predicted octanol–water partition coefficient (Wildman–Crippen LogP) is 0.844. The highest BCUT2D eigenvalue weighted by atomic mass is 32.2. The molecule has 1 rings (SSSR count). The Balaban J connectivity index is 2.87. The topological polar surface area (TPSA) is 60.9 Å². The highest BCUT2D eigenvalue weighted by molar-refractivity contribution is 7.84. The molecule has 0 aliphatic carbocycles. The summed E-state index contributed by atoms with van der Waals surface area (Å²) in [4.78, 5) is 4.08. The molecule has 86 valence electrons. The molecule has 0 spiro atoms. The van der Waals surface area contributed by atoms with E-state index in [9.17, 15) is 4.21 Å². The second kappa shape index (κ2) is 4.45. The van der Waals surface area contributed by atoms with Crippen LogP contribution in [0.3, 0.4) is 0 Å². The van der Waals surface area contributed by atoms with Crippen LogP contribution in [0.1, 0.15) is 26.5 Å². The number of aromatic nitrogens is 2. The zero-order valence-electron chi connectivity index (χ0n) is 9.73. The Bertz CT molecular complexity index is 354. The van der Waals surface area contributed by atoms with E-state index in [4.69, 9.17) is 5.73 Å². The molecule has 0 saturated carbocycles. The van der Waals surface area contributed by atoms with E-state index in [1.165, 1.54) is 0 Å². The van der Waals surface area contributed by atoms with Gasteiger partial charge in [-0.05, 0) is 20.8 Å². The van der Waals surface area contributed by atoms with Crippen LogP contribution in [0.4, 0.5) is 0 Å². The third-order valence-corrected chi connectivity index (χ3v) is 3.68. The van der Waals surface area contributed by atoms with E-state index in [2.05, 4.69) is 4.98 Å². The first-order chi connectivity index (χ1) is 6.82. The Hall–Kier alpha value is -0.680. The van der Waals surface area contributed by atoms with E-state index in [0.717, 1.165) is 5.69 Å². The fraction of sp³-hybridized carbons (Fsp3) is 0.700. The van der Waals surface area contributed by atoms with Crippen molar-refractivity contribution < 1.29 is 4.21 Å². The number of hydrogen-bond acceptors (Lipinski definition) is 3.